The van der Waals surface area contributed by atoms with Crippen LogP contribution in [0.1, 0.15) is 37.7 Å². The van der Waals surface area contributed by atoms with Gasteiger partial charge in [-0.15, -0.1) is 0 Å². The molecule has 20 heavy (non-hydrogen) atoms. The predicted octanol–water partition coefficient (Wildman–Crippen LogP) is 3.45. The Morgan fingerprint density at radius 2 is 1.75 bits per heavy atom. The molecule has 0 amide bonds. The zero-order valence-electron chi connectivity index (χ0n) is 11.6. The minimum absolute atomic E-state index is 0.0617. The molecule has 0 saturated heterocycles. The summed E-state index contributed by atoms with van der Waals surface area (Å²) in [5, 5.41) is 0.869. The maximum atomic E-state index is 12.2. The van der Waals surface area contributed by atoms with E-state index >= 15 is 0 Å². The molecule has 0 aliphatic heterocycles. The highest BCUT2D eigenvalue weighted by Gasteiger charge is 2.32. The Bertz CT molecular complexity index is 510. The zero-order chi connectivity index (χ0) is 14.5. The van der Waals surface area contributed by atoms with Gasteiger partial charge in [0.1, 0.15) is 0 Å². The number of alkyl halides is 1. The van der Waals surface area contributed by atoms with Crippen LogP contribution in [-0.4, -0.2) is 20.3 Å². The van der Waals surface area contributed by atoms with E-state index in [1.807, 2.05) is 30.3 Å². The van der Waals surface area contributed by atoms with Gasteiger partial charge in [-0.2, -0.15) is 0 Å². The van der Waals surface area contributed by atoms with Gasteiger partial charge >= 0.3 is 0 Å². The molecule has 0 bridgehead atoms. The number of rotatable bonds is 6. The van der Waals surface area contributed by atoms with E-state index in [2.05, 4.69) is 20.7 Å². The number of benzene rings is 1. The smallest absolute Gasteiger partial charge is 0.214 e. The number of halogens is 1. The number of hydrogen-bond acceptors (Lipinski definition) is 2. The van der Waals surface area contributed by atoms with Crippen LogP contribution in [0.5, 0.6) is 0 Å². The maximum absolute atomic E-state index is 12.2. The van der Waals surface area contributed by atoms with Gasteiger partial charge in [-0.05, 0) is 23.8 Å². The molecule has 2 rings (SSSR count). The van der Waals surface area contributed by atoms with E-state index in [4.69, 9.17) is 0 Å². The maximum Gasteiger partial charge on any atom is 0.215 e. The molecule has 5 heteroatoms. The fourth-order valence-electron chi connectivity index (χ4n) is 2.77. The van der Waals surface area contributed by atoms with Crippen LogP contribution < -0.4 is 4.72 Å². The molecule has 0 radical (unpaired) electrons. The standard InChI is InChI=1S/C15H22BrNO2S/c16-12-15(9-5-2-6-10-15)13-17-20(18,19)11-14-7-3-1-4-8-14/h1,3-4,7-8,17H,2,5-6,9-13H2. The number of hydrogen-bond donors (Lipinski definition) is 1. The van der Waals surface area contributed by atoms with Gasteiger partial charge in [0.15, 0.2) is 0 Å². The van der Waals surface area contributed by atoms with Crippen molar-refractivity contribution in [3.63, 3.8) is 0 Å². The molecule has 1 aliphatic rings. The Kier molecular flexibility index (Phi) is 5.64. The van der Waals surface area contributed by atoms with Gasteiger partial charge in [0.2, 0.25) is 10.0 Å². The largest absolute Gasteiger partial charge is 0.215 e. The third-order valence-corrected chi connectivity index (χ3v) is 6.55. The van der Waals surface area contributed by atoms with Gasteiger partial charge in [-0.3, -0.25) is 0 Å². The topological polar surface area (TPSA) is 46.2 Å². The summed E-state index contributed by atoms with van der Waals surface area (Å²) in [4.78, 5) is 0. The van der Waals surface area contributed by atoms with Gasteiger partial charge in [0.05, 0.1) is 5.75 Å². The summed E-state index contributed by atoms with van der Waals surface area (Å²) >= 11 is 3.57. The lowest BCUT2D eigenvalue weighted by atomic mass is 9.76. The molecule has 3 nitrogen and oxygen atoms in total. The lowest BCUT2D eigenvalue weighted by Gasteiger charge is -2.35. The molecule has 1 aromatic rings. The van der Waals surface area contributed by atoms with Crippen molar-refractivity contribution >= 4 is 26.0 Å². The molecule has 0 spiro atoms. The highest BCUT2D eigenvalue weighted by atomic mass is 79.9. The summed E-state index contributed by atoms with van der Waals surface area (Å²) < 4.78 is 27.2. The molecule has 1 aliphatic carbocycles. The second kappa shape index (κ2) is 7.05. The zero-order valence-corrected chi connectivity index (χ0v) is 14.0. The van der Waals surface area contributed by atoms with E-state index in [0.29, 0.717) is 6.54 Å². The molecule has 1 saturated carbocycles. The monoisotopic (exact) mass is 359 g/mol. The van der Waals surface area contributed by atoms with Crippen molar-refractivity contribution < 1.29 is 8.42 Å². The van der Waals surface area contributed by atoms with Crippen LogP contribution in [0.2, 0.25) is 0 Å². The molecule has 1 fully saturated rings. The second-order valence-corrected chi connectivity index (χ2v) is 8.13. The third-order valence-electron chi connectivity index (χ3n) is 4.06. The summed E-state index contributed by atoms with van der Waals surface area (Å²) in [6.07, 6.45) is 5.88. The Labute approximate surface area is 130 Å². The van der Waals surface area contributed by atoms with Crippen molar-refractivity contribution in [2.24, 2.45) is 5.41 Å². The summed E-state index contributed by atoms with van der Waals surface area (Å²) in [6, 6.07) is 9.32. The van der Waals surface area contributed by atoms with Crippen LogP contribution in [-0.2, 0) is 15.8 Å². The summed E-state index contributed by atoms with van der Waals surface area (Å²) in [6.45, 7) is 0.549. The molecule has 1 N–H and O–H groups in total. The summed E-state index contributed by atoms with van der Waals surface area (Å²) in [5.41, 5.74) is 0.929. The fourth-order valence-corrected chi connectivity index (χ4v) is 4.79. The lowest BCUT2D eigenvalue weighted by Crippen LogP contribution is -2.40. The predicted molar refractivity (Wildman–Crippen MR) is 86.4 cm³/mol. The molecular formula is C15H22BrNO2S. The van der Waals surface area contributed by atoms with Crippen LogP contribution >= 0.6 is 15.9 Å². The first-order valence-corrected chi connectivity index (χ1v) is 9.90. The molecule has 0 atom stereocenters. The summed E-state index contributed by atoms with van der Waals surface area (Å²) in [5.74, 6) is 0.0617. The number of nitrogens with one attached hydrogen (secondary N) is 1. The average molecular weight is 360 g/mol. The molecule has 0 heterocycles. The van der Waals surface area contributed by atoms with Gasteiger partial charge in [0, 0.05) is 11.9 Å². The van der Waals surface area contributed by atoms with Crippen LogP contribution in [0.15, 0.2) is 30.3 Å². The van der Waals surface area contributed by atoms with E-state index in [1.165, 1.54) is 19.3 Å². The lowest BCUT2D eigenvalue weighted by molar-refractivity contribution is 0.227. The Morgan fingerprint density at radius 1 is 1.10 bits per heavy atom. The van der Waals surface area contributed by atoms with Crippen molar-refractivity contribution in [3.8, 4) is 0 Å². The highest BCUT2D eigenvalue weighted by molar-refractivity contribution is 9.09. The molecule has 112 valence electrons. The third kappa shape index (κ3) is 4.57. The van der Waals surface area contributed by atoms with Crippen LogP contribution in [0, 0.1) is 5.41 Å². The minimum atomic E-state index is -3.25. The van der Waals surface area contributed by atoms with Gasteiger partial charge < -0.3 is 0 Å². The first-order chi connectivity index (χ1) is 9.55. The van der Waals surface area contributed by atoms with E-state index in [0.717, 1.165) is 23.7 Å². The van der Waals surface area contributed by atoms with Crippen LogP contribution in [0.3, 0.4) is 0 Å². The average Bonchev–Trinajstić information content (AvgIpc) is 2.47. The quantitative estimate of drug-likeness (QED) is 0.790. The van der Waals surface area contributed by atoms with E-state index < -0.39 is 10.0 Å². The minimum Gasteiger partial charge on any atom is -0.214 e. The van der Waals surface area contributed by atoms with Crippen molar-refractivity contribution in [1.82, 2.24) is 4.72 Å². The Balaban J connectivity index is 1.94. The number of sulfonamides is 1. The molecule has 0 unspecified atom stereocenters. The van der Waals surface area contributed by atoms with Crippen molar-refractivity contribution in [2.45, 2.75) is 37.9 Å². The van der Waals surface area contributed by atoms with Crippen molar-refractivity contribution in [3.05, 3.63) is 35.9 Å². The van der Waals surface area contributed by atoms with E-state index in [9.17, 15) is 8.42 Å². The highest BCUT2D eigenvalue weighted by Crippen LogP contribution is 2.37. The normalized spacial score (nSPS) is 18.9. The van der Waals surface area contributed by atoms with Crippen molar-refractivity contribution in [1.29, 1.82) is 0 Å². The summed E-state index contributed by atoms with van der Waals surface area (Å²) in [7, 11) is -3.25. The molecule has 0 aromatic heterocycles. The van der Waals surface area contributed by atoms with Crippen LogP contribution in [0.25, 0.3) is 0 Å². The fraction of sp³-hybridized carbons (Fsp3) is 0.600. The van der Waals surface area contributed by atoms with E-state index in [-0.39, 0.29) is 11.2 Å². The van der Waals surface area contributed by atoms with Crippen LogP contribution in [0.4, 0.5) is 0 Å². The van der Waals surface area contributed by atoms with E-state index in [1.54, 1.807) is 0 Å². The molecule has 1 aromatic carbocycles. The van der Waals surface area contributed by atoms with Gasteiger partial charge in [-0.25, -0.2) is 13.1 Å². The SMILES string of the molecule is O=S(=O)(Cc1ccccc1)NCC1(CBr)CCCCC1. The Morgan fingerprint density at radius 3 is 2.35 bits per heavy atom. The van der Waals surface area contributed by atoms with Gasteiger partial charge in [-0.1, -0.05) is 65.5 Å². The first kappa shape index (κ1) is 16.0. The first-order valence-electron chi connectivity index (χ1n) is 7.13. The van der Waals surface area contributed by atoms with Crippen molar-refractivity contribution in [2.75, 3.05) is 11.9 Å². The van der Waals surface area contributed by atoms with Gasteiger partial charge in [0.25, 0.3) is 0 Å². The molecular weight excluding hydrogens is 338 g/mol. The second-order valence-electron chi connectivity index (χ2n) is 5.76. The Hall–Kier alpha value is -0.390.